The Kier molecular flexibility index (Phi) is 7.89. The van der Waals surface area contributed by atoms with Crippen LogP contribution in [0.1, 0.15) is 44.4 Å². The molecule has 3 heterocycles. The Balaban J connectivity index is 1.16. The molecule has 10 heteroatoms. The predicted octanol–water partition coefficient (Wildman–Crippen LogP) is 3.49. The third-order valence-electron chi connectivity index (χ3n) is 5.99. The highest BCUT2D eigenvalue weighted by Gasteiger charge is 2.28. The van der Waals surface area contributed by atoms with Gasteiger partial charge in [0.15, 0.2) is 5.75 Å². The number of rotatable bonds is 7. The summed E-state index contributed by atoms with van der Waals surface area (Å²) in [6, 6.07) is 11.3. The number of carbonyl (C=O) groups is 2. The molecule has 2 aromatic rings. The minimum atomic E-state index is -0.693. The molecule has 1 fully saturated rings. The second-order valence-electron chi connectivity index (χ2n) is 9.30. The first kappa shape index (κ1) is 24.6. The SMILES string of the molecule is CC(C)(CCc1cc2c(nn1)OCCO2)OC(=O)NC1CCN(C(=O)OCc2ccccc2)CC1. The molecule has 2 amide bonds. The molecule has 4 rings (SSSR count). The smallest absolute Gasteiger partial charge is 0.410 e. The predicted molar refractivity (Wildman–Crippen MR) is 126 cm³/mol. The van der Waals surface area contributed by atoms with E-state index >= 15 is 0 Å². The van der Waals surface area contributed by atoms with E-state index in [1.165, 1.54) is 0 Å². The number of ether oxygens (including phenoxy) is 4. The van der Waals surface area contributed by atoms with Crippen molar-refractivity contribution in [1.82, 2.24) is 20.4 Å². The molecule has 1 saturated heterocycles. The largest absolute Gasteiger partial charge is 0.484 e. The lowest BCUT2D eigenvalue weighted by atomic mass is 10.0. The fourth-order valence-electron chi connectivity index (χ4n) is 3.96. The Hall–Kier alpha value is -3.56. The van der Waals surface area contributed by atoms with Gasteiger partial charge in [-0.3, -0.25) is 0 Å². The van der Waals surface area contributed by atoms with Crippen molar-refractivity contribution < 1.29 is 28.5 Å². The van der Waals surface area contributed by atoms with Crippen LogP contribution in [0.4, 0.5) is 9.59 Å². The highest BCUT2D eigenvalue weighted by atomic mass is 16.6. The molecule has 0 aliphatic carbocycles. The molecule has 1 aromatic carbocycles. The van der Waals surface area contributed by atoms with Gasteiger partial charge in [0.05, 0.1) is 5.69 Å². The minimum Gasteiger partial charge on any atom is -0.484 e. The molecular weight excluding hydrogens is 452 g/mol. The molecule has 0 bridgehead atoms. The van der Waals surface area contributed by atoms with Crippen molar-refractivity contribution in [3.63, 3.8) is 0 Å². The summed E-state index contributed by atoms with van der Waals surface area (Å²) in [6.07, 6.45) is 1.63. The molecule has 188 valence electrons. The molecule has 35 heavy (non-hydrogen) atoms. The van der Waals surface area contributed by atoms with E-state index in [0.29, 0.717) is 63.6 Å². The summed E-state index contributed by atoms with van der Waals surface area (Å²) in [5.41, 5.74) is 1.00. The summed E-state index contributed by atoms with van der Waals surface area (Å²) >= 11 is 0. The van der Waals surface area contributed by atoms with Gasteiger partial charge in [0.25, 0.3) is 5.88 Å². The van der Waals surface area contributed by atoms with Crippen LogP contribution >= 0.6 is 0 Å². The molecule has 1 N–H and O–H groups in total. The number of alkyl carbamates (subject to hydrolysis) is 1. The number of benzene rings is 1. The van der Waals surface area contributed by atoms with Crippen molar-refractivity contribution in [2.45, 2.75) is 57.8 Å². The number of nitrogens with one attached hydrogen (secondary N) is 1. The third kappa shape index (κ3) is 7.21. The van der Waals surface area contributed by atoms with Crippen LogP contribution in [0.25, 0.3) is 0 Å². The van der Waals surface area contributed by atoms with E-state index in [-0.39, 0.29) is 18.7 Å². The standard InChI is InChI=1S/C25H32N4O6/c1-25(2,11-8-20-16-21-22(28-27-20)33-15-14-32-21)35-23(30)26-19-9-12-29(13-10-19)24(31)34-17-18-6-4-3-5-7-18/h3-7,16,19H,8-15,17H2,1-2H3,(H,26,30). The monoisotopic (exact) mass is 484 g/mol. The van der Waals surface area contributed by atoms with E-state index in [4.69, 9.17) is 18.9 Å². The van der Waals surface area contributed by atoms with Gasteiger partial charge in [-0.1, -0.05) is 30.3 Å². The van der Waals surface area contributed by atoms with E-state index in [1.54, 1.807) is 4.90 Å². The lowest BCUT2D eigenvalue weighted by molar-refractivity contribution is 0.0287. The first-order chi connectivity index (χ1) is 16.9. The number of hydrogen-bond acceptors (Lipinski definition) is 8. The Morgan fingerprint density at radius 1 is 1.11 bits per heavy atom. The van der Waals surface area contributed by atoms with Crippen LogP contribution in [0, 0.1) is 0 Å². The first-order valence-corrected chi connectivity index (χ1v) is 12.0. The molecule has 2 aliphatic rings. The number of piperidine rings is 1. The van der Waals surface area contributed by atoms with Crippen LogP contribution in [0.15, 0.2) is 36.4 Å². The van der Waals surface area contributed by atoms with Crippen LogP contribution < -0.4 is 14.8 Å². The van der Waals surface area contributed by atoms with Crippen molar-refractivity contribution in [2.75, 3.05) is 26.3 Å². The summed E-state index contributed by atoms with van der Waals surface area (Å²) in [6.45, 7) is 5.97. The molecule has 1 aromatic heterocycles. The molecule has 0 radical (unpaired) electrons. The van der Waals surface area contributed by atoms with E-state index in [0.717, 1.165) is 11.3 Å². The molecular formula is C25H32N4O6. The zero-order valence-electron chi connectivity index (χ0n) is 20.2. The van der Waals surface area contributed by atoms with Gasteiger partial charge >= 0.3 is 12.2 Å². The van der Waals surface area contributed by atoms with Gasteiger partial charge < -0.3 is 29.2 Å². The van der Waals surface area contributed by atoms with Crippen molar-refractivity contribution in [3.8, 4) is 11.6 Å². The Bertz CT molecular complexity index is 1010. The summed E-state index contributed by atoms with van der Waals surface area (Å²) in [7, 11) is 0. The molecule has 2 aliphatic heterocycles. The van der Waals surface area contributed by atoms with E-state index < -0.39 is 11.7 Å². The normalized spacial score (nSPS) is 15.9. The van der Waals surface area contributed by atoms with E-state index in [9.17, 15) is 9.59 Å². The van der Waals surface area contributed by atoms with Gasteiger partial charge in [-0.25, -0.2) is 9.59 Å². The Labute approximate surface area is 204 Å². The maximum Gasteiger partial charge on any atom is 0.410 e. The lowest BCUT2D eigenvalue weighted by Crippen LogP contribution is -2.48. The molecule has 10 nitrogen and oxygen atoms in total. The number of likely N-dealkylation sites (tertiary alicyclic amines) is 1. The zero-order chi connectivity index (χ0) is 24.7. The van der Waals surface area contributed by atoms with Gasteiger partial charge in [-0.15, -0.1) is 5.10 Å². The van der Waals surface area contributed by atoms with Crippen LogP contribution in [0.5, 0.6) is 11.6 Å². The summed E-state index contributed by atoms with van der Waals surface area (Å²) in [5, 5.41) is 11.1. The van der Waals surface area contributed by atoms with Crippen molar-refractivity contribution in [1.29, 1.82) is 0 Å². The highest BCUT2D eigenvalue weighted by Crippen LogP contribution is 2.28. The molecule has 0 atom stereocenters. The average Bonchev–Trinajstić information content (AvgIpc) is 2.86. The summed E-state index contributed by atoms with van der Waals surface area (Å²) < 4.78 is 22.0. The number of aromatic nitrogens is 2. The Morgan fingerprint density at radius 3 is 2.63 bits per heavy atom. The van der Waals surface area contributed by atoms with Crippen molar-refractivity contribution in [3.05, 3.63) is 47.7 Å². The summed E-state index contributed by atoms with van der Waals surface area (Å²) in [4.78, 5) is 26.5. The van der Waals surface area contributed by atoms with Crippen molar-refractivity contribution in [2.24, 2.45) is 0 Å². The van der Waals surface area contributed by atoms with Crippen LogP contribution in [-0.2, 0) is 22.5 Å². The zero-order valence-corrected chi connectivity index (χ0v) is 20.2. The van der Waals surface area contributed by atoms with E-state index in [1.807, 2.05) is 50.2 Å². The maximum absolute atomic E-state index is 12.5. The fourth-order valence-corrected chi connectivity index (χ4v) is 3.96. The number of nitrogens with zero attached hydrogens (tertiary/aromatic N) is 3. The van der Waals surface area contributed by atoms with Gasteiger partial charge in [0.1, 0.15) is 25.4 Å². The minimum absolute atomic E-state index is 0.0554. The third-order valence-corrected chi connectivity index (χ3v) is 5.99. The molecule has 0 spiro atoms. The van der Waals surface area contributed by atoms with Crippen LogP contribution in [0.3, 0.4) is 0 Å². The molecule has 0 saturated carbocycles. The number of hydrogen-bond donors (Lipinski definition) is 1. The quantitative estimate of drug-likeness (QED) is 0.636. The lowest BCUT2D eigenvalue weighted by Gasteiger charge is -2.32. The number of aryl methyl sites for hydroxylation is 1. The van der Waals surface area contributed by atoms with Crippen molar-refractivity contribution >= 4 is 12.2 Å². The van der Waals surface area contributed by atoms with Gasteiger partial charge in [-0.2, -0.15) is 5.10 Å². The van der Waals surface area contributed by atoms with Gasteiger partial charge in [-0.05, 0) is 45.1 Å². The van der Waals surface area contributed by atoms with Crippen LogP contribution in [0.2, 0.25) is 0 Å². The highest BCUT2D eigenvalue weighted by molar-refractivity contribution is 5.69. The number of amides is 2. The van der Waals surface area contributed by atoms with Gasteiger partial charge in [0.2, 0.25) is 0 Å². The second kappa shape index (κ2) is 11.2. The average molecular weight is 485 g/mol. The van der Waals surface area contributed by atoms with Gasteiger partial charge in [0, 0.05) is 25.2 Å². The summed E-state index contributed by atoms with van der Waals surface area (Å²) in [5.74, 6) is 0.999. The fraction of sp³-hybridized carbons (Fsp3) is 0.520. The number of carbonyl (C=O) groups excluding carboxylic acids is 2. The number of fused-ring (bicyclic) bond motifs is 1. The Morgan fingerprint density at radius 2 is 1.86 bits per heavy atom. The first-order valence-electron chi connectivity index (χ1n) is 12.0. The maximum atomic E-state index is 12.5. The van der Waals surface area contributed by atoms with Crippen LogP contribution in [-0.4, -0.2) is 65.2 Å². The van der Waals surface area contributed by atoms with E-state index in [2.05, 4.69) is 15.5 Å². The topological polar surface area (TPSA) is 112 Å². The second-order valence-corrected chi connectivity index (χ2v) is 9.30. The molecule has 0 unspecified atom stereocenters.